The van der Waals surface area contributed by atoms with Crippen LogP contribution in [0.4, 0.5) is 5.69 Å². The lowest BCUT2D eigenvalue weighted by atomic mass is 10.3. The predicted octanol–water partition coefficient (Wildman–Crippen LogP) is 2.29. The van der Waals surface area contributed by atoms with E-state index >= 15 is 0 Å². The number of nitrogens with two attached hydrogens (primary N) is 1. The van der Waals surface area contributed by atoms with E-state index in [1.54, 1.807) is 36.6 Å². The first-order valence-electron chi connectivity index (χ1n) is 6.39. The Morgan fingerprint density at radius 2 is 2.15 bits per heavy atom. The van der Waals surface area contributed by atoms with Crippen LogP contribution < -0.4 is 10.5 Å². The molecule has 0 unspecified atom stereocenters. The van der Waals surface area contributed by atoms with Crippen LogP contribution in [0.3, 0.4) is 0 Å². The fourth-order valence-corrected chi connectivity index (χ4v) is 1.80. The van der Waals surface area contributed by atoms with Crippen LogP contribution in [0.25, 0.3) is 0 Å². The lowest BCUT2D eigenvalue weighted by molar-refractivity contribution is -0.130. The molecule has 0 saturated carbocycles. The maximum Gasteiger partial charge on any atom is 0.226 e. The molecule has 2 rings (SSSR count). The van der Waals surface area contributed by atoms with E-state index in [4.69, 9.17) is 14.9 Å². The number of hydrogen-bond acceptors (Lipinski definition) is 4. The minimum Gasteiger partial charge on any atom is -0.491 e. The Morgan fingerprint density at radius 3 is 2.85 bits per heavy atom. The first-order valence-corrected chi connectivity index (χ1v) is 6.39. The van der Waals surface area contributed by atoms with Crippen molar-refractivity contribution < 1.29 is 13.9 Å². The van der Waals surface area contributed by atoms with E-state index in [1.165, 1.54) is 0 Å². The largest absolute Gasteiger partial charge is 0.491 e. The van der Waals surface area contributed by atoms with Crippen molar-refractivity contribution in [3.63, 3.8) is 0 Å². The summed E-state index contributed by atoms with van der Waals surface area (Å²) in [4.78, 5) is 13.6. The van der Waals surface area contributed by atoms with Gasteiger partial charge in [0.15, 0.2) is 0 Å². The predicted molar refractivity (Wildman–Crippen MR) is 76.1 cm³/mol. The number of rotatable bonds is 6. The maximum absolute atomic E-state index is 11.9. The van der Waals surface area contributed by atoms with Crippen LogP contribution in [-0.4, -0.2) is 24.5 Å². The summed E-state index contributed by atoms with van der Waals surface area (Å²) >= 11 is 0. The lowest BCUT2D eigenvalue weighted by Crippen LogP contribution is -2.27. The van der Waals surface area contributed by atoms with Gasteiger partial charge in [-0.1, -0.05) is 12.1 Å². The molecule has 0 aliphatic heterocycles. The molecule has 1 aromatic heterocycles. The molecule has 0 aliphatic carbocycles. The van der Waals surface area contributed by atoms with E-state index < -0.39 is 0 Å². The van der Waals surface area contributed by atoms with Crippen LogP contribution in [0.15, 0.2) is 47.3 Å². The molecular weight excluding hydrogens is 256 g/mol. The van der Waals surface area contributed by atoms with E-state index in [9.17, 15) is 4.79 Å². The lowest BCUT2D eigenvalue weighted by Gasteiger charge is -2.16. The Balaban J connectivity index is 1.76. The van der Waals surface area contributed by atoms with Crippen LogP contribution in [0, 0.1) is 0 Å². The number of nitrogens with zero attached hydrogens (tertiary/aromatic N) is 1. The van der Waals surface area contributed by atoms with E-state index in [0.717, 1.165) is 5.56 Å². The van der Waals surface area contributed by atoms with Crippen LogP contribution in [0.5, 0.6) is 5.75 Å². The number of hydrogen-bond donors (Lipinski definition) is 1. The average molecular weight is 274 g/mol. The first-order chi connectivity index (χ1) is 9.66. The monoisotopic (exact) mass is 274 g/mol. The summed E-state index contributed by atoms with van der Waals surface area (Å²) in [5, 5.41) is 0. The molecule has 20 heavy (non-hydrogen) atoms. The minimum absolute atomic E-state index is 0.0145. The zero-order valence-corrected chi connectivity index (χ0v) is 11.4. The quantitative estimate of drug-likeness (QED) is 0.821. The van der Waals surface area contributed by atoms with Crippen LogP contribution in [0.2, 0.25) is 0 Å². The zero-order valence-electron chi connectivity index (χ0n) is 11.4. The van der Waals surface area contributed by atoms with Crippen molar-refractivity contribution in [1.29, 1.82) is 0 Å². The molecule has 0 fully saturated rings. The van der Waals surface area contributed by atoms with Crippen molar-refractivity contribution >= 4 is 11.6 Å². The molecule has 5 nitrogen and oxygen atoms in total. The first kappa shape index (κ1) is 14.0. The number of benzene rings is 1. The SMILES string of the molecule is CN(Cc1ccoc1)C(=O)CCOc1ccccc1N. The van der Waals surface area contributed by atoms with Gasteiger partial charge in [0.05, 0.1) is 31.2 Å². The van der Waals surface area contributed by atoms with Crippen LogP contribution in [-0.2, 0) is 11.3 Å². The second-order valence-corrected chi connectivity index (χ2v) is 4.52. The summed E-state index contributed by atoms with van der Waals surface area (Å²) < 4.78 is 10.5. The van der Waals surface area contributed by atoms with Gasteiger partial charge in [-0.05, 0) is 18.2 Å². The smallest absolute Gasteiger partial charge is 0.226 e. The van der Waals surface area contributed by atoms with E-state index in [0.29, 0.717) is 31.0 Å². The van der Waals surface area contributed by atoms with Gasteiger partial charge in [-0.25, -0.2) is 0 Å². The second-order valence-electron chi connectivity index (χ2n) is 4.52. The van der Waals surface area contributed by atoms with Gasteiger partial charge in [-0.2, -0.15) is 0 Å². The van der Waals surface area contributed by atoms with Gasteiger partial charge < -0.3 is 19.8 Å². The highest BCUT2D eigenvalue weighted by Gasteiger charge is 2.10. The number of ether oxygens (including phenoxy) is 1. The van der Waals surface area contributed by atoms with Gasteiger partial charge in [-0.3, -0.25) is 4.79 Å². The molecular formula is C15H18N2O3. The molecule has 2 aromatic rings. The Morgan fingerprint density at radius 1 is 1.35 bits per heavy atom. The van der Waals surface area contributed by atoms with Crippen molar-refractivity contribution in [2.45, 2.75) is 13.0 Å². The molecule has 0 saturated heterocycles. The molecule has 1 amide bonds. The van der Waals surface area contributed by atoms with Gasteiger partial charge in [0, 0.05) is 19.2 Å². The summed E-state index contributed by atoms with van der Waals surface area (Å²) in [6.45, 7) is 0.839. The maximum atomic E-state index is 11.9. The van der Waals surface area contributed by atoms with E-state index in [-0.39, 0.29) is 5.91 Å². The molecule has 0 radical (unpaired) electrons. The summed E-state index contributed by atoms with van der Waals surface area (Å²) in [5.74, 6) is 0.624. The van der Waals surface area contributed by atoms with Gasteiger partial charge in [0.25, 0.3) is 0 Å². The van der Waals surface area contributed by atoms with Crippen molar-refractivity contribution in [1.82, 2.24) is 4.90 Å². The molecule has 0 atom stereocenters. The van der Waals surface area contributed by atoms with Crippen molar-refractivity contribution in [2.75, 3.05) is 19.4 Å². The third-order valence-corrected chi connectivity index (χ3v) is 2.92. The van der Waals surface area contributed by atoms with Crippen molar-refractivity contribution in [3.05, 3.63) is 48.4 Å². The number of amides is 1. The van der Waals surface area contributed by atoms with E-state index in [1.807, 2.05) is 18.2 Å². The highest BCUT2D eigenvalue weighted by atomic mass is 16.5. The second kappa shape index (κ2) is 6.65. The molecule has 0 bridgehead atoms. The average Bonchev–Trinajstić information content (AvgIpc) is 2.93. The third-order valence-electron chi connectivity index (χ3n) is 2.92. The summed E-state index contributed by atoms with van der Waals surface area (Å²) in [6, 6.07) is 9.08. The number of para-hydroxylation sites is 2. The standard InChI is InChI=1S/C15H18N2O3/c1-17(10-12-6-8-19-11-12)15(18)7-9-20-14-5-3-2-4-13(14)16/h2-6,8,11H,7,9-10,16H2,1H3. The molecule has 5 heteroatoms. The van der Waals surface area contributed by atoms with Crippen LogP contribution in [0.1, 0.15) is 12.0 Å². The zero-order chi connectivity index (χ0) is 14.4. The summed E-state index contributed by atoms with van der Waals surface area (Å²) in [5.41, 5.74) is 7.30. The summed E-state index contributed by atoms with van der Waals surface area (Å²) in [7, 11) is 1.76. The fourth-order valence-electron chi connectivity index (χ4n) is 1.80. The molecule has 1 heterocycles. The Kier molecular flexibility index (Phi) is 4.65. The Labute approximate surface area is 117 Å². The normalized spacial score (nSPS) is 10.2. The van der Waals surface area contributed by atoms with Gasteiger partial charge in [-0.15, -0.1) is 0 Å². The molecule has 2 N–H and O–H groups in total. The third kappa shape index (κ3) is 3.78. The number of furan rings is 1. The highest BCUT2D eigenvalue weighted by Crippen LogP contribution is 2.19. The van der Waals surface area contributed by atoms with Crippen LogP contribution >= 0.6 is 0 Å². The van der Waals surface area contributed by atoms with Gasteiger partial charge >= 0.3 is 0 Å². The molecule has 106 valence electrons. The Hall–Kier alpha value is -2.43. The van der Waals surface area contributed by atoms with E-state index in [2.05, 4.69) is 0 Å². The molecule has 1 aromatic carbocycles. The van der Waals surface area contributed by atoms with Gasteiger partial charge in [0.1, 0.15) is 5.75 Å². The number of carbonyl (C=O) groups is 1. The highest BCUT2D eigenvalue weighted by molar-refractivity contribution is 5.76. The number of nitrogen functional groups attached to an aromatic ring is 1. The van der Waals surface area contributed by atoms with Crippen molar-refractivity contribution in [2.24, 2.45) is 0 Å². The van der Waals surface area contributed by atoms with Gasteiger partial charge in [0.2, 0.25) is 5.91 Å². The number of carbonyl (C=O) groups excluding carboxylic acids is 1. The molecule has 0 aliphatic rings. The van der Waals surface area contributed by atoms with Crippen molar-refractivity contribution in [3.8, 4) is 5.75 Å². The topological polar surface area (TPSA) is 68.7 Å². The molecule has 0 spiro atoms. The Bertz CT molecular complexity index is 552. The minimum atomic E-state index is 0.0145. The number of anilines is 1. The summed E-state index contributed by atoms with van der Waals surface area (Å²) in [6.07, 6.45) is 3.53. The fraction of sp³-hybridized carbons (Fsp3) is 0.267.